The second kappa shape index (κ2) is 10.8. The summed E-state index contributed by atoms with van der Waals surface area (Å²) in [6.07, 6.45) is 4.16. The van der Waals surface area contributed by atoms with E-state index in [9.17, 15) is 35.1 Å². The molecular weight excluding hydrogens is 576 g/mol. The van der Waals surface area contributed by atoms with E-state index in [0.29, 0.717) is 18.8 Å². The Balaban J connectivity index is 1.31. The maximum Gasteiger partial charge on any atom is 0.310 e. The van der Waals surface area contributed by atoms with Crippen LogP contribution < -0.4 is 0 Å². The predicted octanol–water partition coefficient (Wildman–Crippen LogP) is 4.24. The van der Waals surface area contributed by atoms with E-state index >= 15 is 0 Å². The lowest BCUT2D eigenvalue weighted by atomic mass is 9.33. The Kier molecular flexibility index (Phi) is 8.07. The third-order valence-corrected chi connectivity index (χ3v) is 15.1. The van der Waals surface area contributed by atoms with Crippen molar-refractivity contribution >= 4 is 12.3 Å². The molecule has 45 heavy (non-hydrogen) atoms. The first-order valence-corrected chi connectivity index (χ1v) is 17.3. The highest BCUT2D eigenvalue weighted by Gasteiger charge is 2.70. The van der Waals surface area contributed by atoms with E-state index in [0.717, 1.165) is 57.7 Å². The van der Waals surface area contributed by atoms with Crippen LogP contribution in [-0.2, 0) is 19.1 Å². The second-order valence-electron chi connectivity index (χ2n) is 17.5. The normalized spacial score (nSPS) is 54.0. The number of carboxylic acids is 1. The van der Waals surface area contributed by atoms with Gasteiger partial charge in [0.1, 0.15) is 30.7 Å². The third kappa shape index (κ3) is 4.53. The number of rotatable bonds is 5. The summed E-state index contributed by atoms with van der Waals surface area (Å²) in [5.41, 5.74) is -0.420. The molecule has 5 aliphatic carbocycles. The molecule has 5 fully saturated rings. The van der Waals surface area contributed by atoms with Crippen LogP contribution in [0.4, 0.5) is 0 Å². The average molecular weight is 633 g/mol. The van der Waals surface area contributed by atoms with Crippen LogP contribution in [0.3, 0.4) is 0 Å². The summed E-state index contributed by atoms with van der Waals surface area (Å²) in [6.45, 7) is 13.2. The number of aliphatic hydroxyl groups excluding tert-OH is 4. The Morgan fingerprint density at radius 1 is 0.933 bits per heavy atom. The van der Waals surface area contributed by atoms with Gasteiger partial charge in [0.05, 0.1) is 23.5 Å². The molecule has 0 radical (unpaired) electrons. The molecule has 6 rings (SSSR count). The Morgan fingerprint density at radius 2 is 1.62 bits per heavy atom. The number of hydrogen-bond acceptors (Lipinski definition) is 8. The lowest BCUT2D eigenvalue weighted by Gasteiger charge is -2.71. The molecule has 0 aromatic carbocycles. The summed E-state index contributed by atoms with van der Waals surface area (Å²) in [5, 5.41) is 51.6. The first-order valence-electron chi connectivity index (χ1n) is 17.3. The van der Waals surface area contributed by atoms with E-state index in [1.807, 2.05) is 6.92 Å². The highest BCUT2D eigenvalue weighted by atomic mass is 16.7. The first kappa shape index (κ1) is 33.5. The van der Waals surface area contributed by atoms with Crippen LogP contribution in [0, 0.1) is 50.2 Å². The fourth-order valence-electron chi connectivity index (χ4n) is 12.1. The molecule has 5 N–H and O–H groups in total. The van der Waals surface area contributed by atoms with Gasteiger partial charge in [-0.05, 0) is 104 Å². The Bertz CT molecular complexity index is 1230. The van der Waals surface area contributed by atoms with Crippen molar-refractivity contribution in [3.63, 3.8) is 0 Å². The molecule has 14 atom stereocenters. The SMILES string of the molecule is CC1(C)CCC2(C(=O)O)CCC3(C)C(=CCC4C5(C)CCC(OC6OC(CO)C(O)C(O)C6O)C(C)(C=O)C5CCC43C)C2C1. The van der Waals surface area contributed by atoms with Crippen molar-refractivity contribution in [2.75, 3.05) is 6.61 Å². The van der Waals surface area contributed by atoms with Crippen LogP contribution in [0.1, 0.15) is 106 Å². The van der Waals surface area contributed by atoms with Gasteiger partial charge in [-0.15, -0.1) is 0 Å². The van der Waals surface area contributed by atoms with Gasteiger partial charge in [-0.25, -0.2) is 0 Å². The number of carboxylic acid groups (broad SMARTS) is 1. The number of aliphatic hydroxyl groups is 4. The fourth-order valence-corrected chi connectivity index (χ4v) is 12.1. The van der Waals surface area contributed by atoms with E-state index in [1.54, 1.807) is 0 Å². The average Bonchev–Trinajstić information content (AvgIpc) is 2.98. The molecule has 0 aromatic heterocycles. The number of carbonyl (C=O) groups excluding carboxylic acids is 1. The van der Waals surface area contributed by atoms with Crippen LogP contribution in [0.2, 0.25) is 0 Å². The maximum absolute atomic E-state index is 13.1. The van der Waals surface area contributed by atoms with Crippen LogP contribution >= 0.6 is 0 Å². The lowest BCUT2D eigenvalue weighted by molar-refractivity contribution is -0.327. The number of carbonyl (C=O) groups is 2. The molecule has 4 saturated carbocycles. The zero-order chi connectivity index (χ0) is 33.0. The molecular formula is C36H56O9. The topological polar surface area (TPSA) is 154 Å². The van der Waals surface area contributed by atoms with Crippen molar-refractivity contribution in [1.29, 1.82) is 0 Å². The molecule has 0 amide bonds. The van der Waals surface area contributed by atoms with Crippen LogP contribution in [0.25, 0.3) is 0 Å². The number of ether oxygens (including phenoxy) is 2. The van der Waals surface area contributed by atoms with E-state index < -0.39 is 60.2 Å². The Morgan fingerprint density at radius 3 is 2.27 bits per heavy atom. The van der Waals surface area contributed by atoms with Crippen molar-refractivity contribution in [2.45, 2.75) is 143 Å². The number of hydrogen-bond donors (Lipinski definition) is 5. The zero-order valence-corrected chi connectivity index (χ0v) is 28.0. The highest BCUT2D eigenvalue weighted by molar-refractivity contribution is 5.76. The number of allylic oxidation sites excluding steroid dienone is 2. The Hall–Kier alpha value is -1.36. The van der Waals surface area contributed by atoms with Gasteiger partial charge in [-0.3, -0.25) is 4.79 Å². The van der Waals surface area contributed by atoms with Crippen LogP contribution in [-0.4, -0.2) is 81.2 Å². The standard InChI is InChI=1S/C36H56O9/c1-31(2)13-15-36(30(42)43)16-14-34(5)20(21(36)17-31)7-8-24-32(3)11-10-25(33(4,19-38)23(32)9-12-35(24,34)6)45-29-28(41)27(40)26(39)22(18-37)44-29/h7,19,21-29,37,39-41H,8-18H2,1-6H3,(H,42,43). The van der Waals surface area contributed by atoms with E-state index in [1.165, 1.54) is 5.57 Å². The zero-order valence-electron chi connectivity index (χ0n) is 28.0. The largest absolute Gasteiger partial charge is 0.481 e. The van der Waals surface area contributed by atoms with Crippen molar-refractivity contribution < 1.29 is 44.6 Å². The molecule has 1 saturated heterocycles. The number of aldehydes is 1. The van der Waals surface area contributed by atoms with Crippen LogP contribution in [0.5, 0.6) is 0 Å². The smallest absolute Gasteiger partial charge is 0.310 e. The Labute approximate surface area is 267 Å². The molecule has 1 aliphatic heterocycles. The van der Waals surface area contributed by atoms with Crippen molar-refractivity contribution in [2.24, 2.45) is 50.2 Å². The molecule has 9 nitrogen and oxygen atoms in total. The van der Waals surface area contributed by atoms with Gasteiger partial charge in [0.2, 0.25) is 0 Å². The van der Waals surface area contributed by atoms with Crippen molar-refractivity contribution in [1.82, 2.24) is 0 Å². The molecule has 0 bridgehead atoms. The lowest BCUT2D eigenvalue weighted by Crippen LogP contribution is -2.66. The first-order chi connectivity index (χ1) is 20.9. The number of aliphatic carboxylic acids is 1. The summed E-state index contributed by atoms with van der Waals surface area (Å²) in [5.74, 6) is -0.269. The van der Waals surface area contributed by atoms with Gasteiger partial charge in [0.25, 0.3) is 0 Å². The summed E-state index contributed by atoms with van der Waals surface area (Å²) in [7, 11) is 0. The van der Waals surface area contributed by atoms with Gasteiger partial charge in [0.15, 0.2) is 6.29 Å². The summed E-state index contributed by atoms with van der Waals surface area (Å²) < 4.78 is 12.0. The third-order valence-electron chi connectivity index (χ3n) is 15.1. The summed E-state index contributed by atoms with van der Waals surface area (Å²) in [4.78, 5) is 26.1. The maximum atomic E-state index is 13.1. The quantitative estimate of drug-likeness (QED) is 0.170. The molecule has 1 heterocycles. The van der Waals surface area contributed by atoms with Gasteiger partial charge in [-0.2, -0.15) is 0 Å². The molecule has 9 heteroatoms. The molecule has 0 spiro atoms. The summed E-state index contributed by atoms with van der Waals surface area (Å²) in [6, 6.07) is 0. The number of fused-ring (bicyclic) bond motifs is 7. The molecule has 0 aromatic rings. The highest BCUT2D eigenvalue weighted by Crippen LogP contribution is 2.75. The van der Waals surface area contributed by atoms with E-state index in [4.69, 9.17) is 9.47 Å². The van der Waals surface area contributed by atoms with Crippen LogP contribution in [0.15, 0.2) is 11.6 Å². The van der Waals surface area contributed by atoms with Crippen molar-refractivity contribution in [3.8, 4) is 0 Å². The van der Waals surface area contributed by atoms with Crippen molar-refractivity contribution in [3.05, 3.63) is 11.6 Å². The van der Waals surface area contributed by atoms with Gasteiger partial charge in [-0.1, -0.05) is 53.2 Å². The second-order valence-corrected chi connectivity index (χ2v) is 17.5. The minimum atomic E-state index is -1.54. The molecule has 6 aliphatic rings. The van der Waals surface area contributed by atoms with Gasteiger partial charge < -0.3 is 39.8 Å². The fraction of sp³-hybridized carbons (Fsp3) is 0.889. The predicted molar refractivity (Wildman–Crippen MR) is 166 cm³/mol. The minimum Gasteiger partial charge on any atom is -0.481 e. The molecule has 14 unspecified atom stereocenters. The van der Waals surface area contributed by atoms with Gasteiger partial charge >= 0.3 is 5.97 Å². The minimum absolute atomic E-state index is 0.0121. The summed E-state index contributed by atoms with van der Waals surface area (Å²) >= 11 is 0. The van der Waals surface area contributed by atoms with Gasteiger partial charge in [0, 0.05) is 0 Å². The monoisotopic (exact) mass is 632 g/mol. The van der Waals surface area contributed by atoms with E-state index in [-0.39, 0.29) is 33.5 Å². The van der Waals surface area contributed by atoms with E-state index in [2.05, 4.69) is 40.7 Å². The molecule has 254 valence electrons.